The number of carbonyl (C=O) groups is 1. The number of carbonyl (C=O) groups excluding carboxylic acids is 1. The van der Waals surface area contributed by atoms with Crippen LogP contribution in [-0.4, -0.2) is 30.6 Å². The molecular weight excluding hydrogens is 228 g/mol. The highest BCUT2D eigenvalue weighted by Crippen LogP contribution is 2.11. The molecule has 1 aromatic carbocycles. The molecule has 0 saturated carbocycles. The Morgan fingerprint density at radius 2 is 2.33 bits per heavy atom. The van der Waals surface area contributed by atoms with Crippen LogP contribution in [0.25, 0.3) is 0 Å². The summed E-state index contributed by atoms with van der Waals surface area (Å²) in [5, 5.41) is 15.4. The normalized spacial score (nSPS) is 15.0. The molecule has 0 atom stereocenters. The third-order valence-electron chi connectivity index (χ3n) is 3.00. The van der Waals surface area contributed by atoms with E-state index >= 15 is 0 Å². The van der Waals surface area contributed by atoms with Crippen LogP contribution in [0.15, 0.2) is 35.9 Å². The third kappa shape index (κ3) is 3.60. The minimum atomic E-state index is -0.138. The number of amides is 1. The number of benzene rings is 1. The second kappa shape index (κ2) is 6.21. The Kier molecular flexibility index (Phi) is 4.36. The molecule has 1 aliphatic heterocycles. The first-order chi connectivity index (χ1) is 8.75. The molecule has 0 bridgehead atoms. The average molecular weight is 246 g/mol. The van der Waals surface area contributed by atoms with Crippen LogP contribution >= 0.6 is 0 Å². The van der Waals surface area contributed by atoms with Crippen LogP contribution in [0, 0.1) is 0 Å². The highest BCUT2D eigenvalue weighted by Gasteiger charge is 2.07. The SMILES string of the molecule is O=C(NCCC1=CCNCC1)c1cccc(O)c1. The lowest BCUT2D eigenvalue weighted by atomic mass is 10.1. The van der Waals surface area contributed by atoms with Gasteiger partial charge in [-0.2, -0.15) is 0 Å². The van der Waals surface area contributed by atoms with Gasteiger partial charge in [0.05, 0.1) is 0 Å². The summed E-state index contributed by atoms with van der Waals surface area (Å²) >= 11 is 0. The van der Waals surface area contributed by atoms with Crippen LogP contribution < -0.4 is 10.6 Å². The van der Waals surface area contributed by atoms with Crippen molar-refractivity contribution < 1.29 is 9.90 Å². The van der Waals surface area contributed by atoms with E-state index in [1.807, 2.05) is 0 Å². The van der Waals surface area contributed by atoms with Gasteiger partial charge >= 0.3 is 0 Å². The molecule has 1 amide bonds. The summed E-state index contributed by atoms with van der Waals surface area (Å²) in [6, 6.07) is 6.38. The van der Waals surface area contributed by atoms with Gasteiger partial charge < -0.3 is 15.7 Å². The molecule has 0 aliphatic carbocycles. The van der Waals surface area contributed by atoms with Gasteiger partial charge in [0, 0.05) is 18.7 Å². The zero-order valence-electron chi connectivity index (χ0n) is 10.3. The first-order valence-electron chi connectivity index (χ1n) is 6.21. The molecule has 0 spiro atoms. The lowest BCUT2D eigenvalue weighted by Crippen LogP contribution is -2.26. The molecule has 3 N–H and O–H groups in total. The lowest BCUT2D eigenvalue weighted by Gasteiger charge is -2.14. The van der Waals surface area contributed by atoms with E-state index in [-0.39, 0.29) is 11.7 Å². The summed E-state index contributed by atoms with van der Waals surface area (Å²) in [5.74, 6) is -0.0239. The zero-order valence-corrected chi connectivity index (χ0v) is 10.3. The minimum Gasteiger partial charge on any atom is -0.508 e. The number of rotatable bonds is 4. The Bertz CT molecular complexity index is 455. The van der Waals surface area contributed by atoms with E-state index in [1.54, 1.807) is 18.2 Å². The molecule has 0 radical (unpaired) electrons. The summed E-state index contributed by atoms with van der Waals surface area (Å²) < 4.78 is 0. The van der Waals surface area contributed by atoms with Gasteiger partial charge in [-0.3, -0.25) is 4.79 Å². The van der Waals surface area contributed by atoms with Crippen molar-refractivity contribution in [2.24, 2.45) is 0 Å². The fourth-order valence-electron chi connectivity index (χ4n) is 1.98. The molecule has 0 aromatic heterocycles. The van der Waals surface area contributed by atoms with Crippen LogP contribution in [0.2, 0.25) is 0 Å². The largest absolute Gasteiger partial charge is 0.508 e. The molecule has 1 aromatic rings. The summed E-state index contributed by atoms with van der Waals surface area (Å²) in [4.78, 5) is 11.8. The molecule has 2 rings (SSSR count). The van der Waals surface area contributed by atoms with E-state index in [4.69, 9.17) is 0 Å². The van der Waals surface area contributed by atoms with Gasteiger partial charge in [-0.15, -0.1) is 0 Å². The molecule has 96 valence electrons. The van der Waals surface area contributed by atoms with Crippen LogP contribution in [0.3, 0.4) is 0 Å². The van der Waals surface area contributed by atoms with Gasteiger partial charge in [0.2, 0.25) is 0 Å². The standard InChI is InChI=1S/C14H18N2O2/c17-13-3-1-2-12(10-13)14(18)16-9-6-11-4-7-15-8-5-11/h1-4,10,15,17H,5-9H2,(H,16,18). The van der Waals surface area contributed by atoms with Gasteiger partial charge in [-0.05, 0) is 37.6 Å². The molecule has 0 fully saturated rings. The zero-order chi connectivity index (χ0) is 12.8. The van der Waals surface area contributed by atoms with Crippen molar-refractivity contribution in [1.29, 1.82) is 0 Å². The van der Waals surface area contributed by atoms with E-state index in [1.165, 1.54) is 11.6 Å². The number of phenols is 1. The molecule has 0 saturated heterocycles. The van der Waals surface area contributed by atoms with Crippen molar-refractivity contribution >= 4 is 5.91 Å². The van der Waals surface area contributed by atoms with Crippen molar-refractivity contribution in [2.75, 3.05) is 19.6 Å². The van der Waals surface area contributed by atoms with Crippen molar-refractivity contribution in [3.8, 4) is 5.75 Å². The Balaban J connectivity index is 1.79. The lowest BCUT2D eigenvalue weighted by molar-refractivity contribution is 0.0953. The Hall–Kier alpha value is -1.81. The highest BCUT2D eigenvalue weighted by molar-refractivity contribution is 5.94. The van der Waals surface area contributed by atoms with Crippen molar-refractivity contribution in [2.45, 2.75) is 12.8 Å². The fraction of sp³-hybridized carbons (Fsp3) is 0.357. The van der Waals surface area contributed by atoms with Crippen LogP contribution in [-0.2, 0) is 0 Å². The maximum Gasteiger partial charge on any atom is 0.251 e. The molecule has 18 heavy (non-hydrogen) atoms. The first-order valence-corrected chi connectivity index (χ1v) is 6.21. The van der Waals surface area contributed by atoms with E-state index in [0.29, 0.717) is 12.1 Å². The molecule has 1 aliphatic rings. The van der Waals surface area contributed by atoms with Crippen molar-refractivity contribution in [1.82, 2.24) is 10.6 Å². The summed E-state index contributed by atoms with van der Waals surface area (Å²) in [6.07, 6.45) is 4.14. The number of phenolic OH excluding ortho intramolecular Hbond substituents is 1. The average Bonchev–Trinajstić information content (AvgIpc) is 2.40. The van der Waals surface area contributed by atoms with Crippen molar-refractivity contribution in [3.63, 3.8) is 0 Å². The number of hydrogen-bond acceptors (Lipinski definition) is 3. The monoisotopic (exact) mass is 246 g/mol. The van der Waals surface area contributed by atoms with Crippen molar-refractivity contribution in [3.05, 3.63) is 41.5 Å². The molecule has 1 heterocycles. The van der Waals surface area contributed by atoms with Gasteiger partial charge in [0.15, 0.2) is 0 Å². The van der Waals surface area contributed by atoms with Gasteiger partial charge in [0.25, 0.3) is 5.91 Å². The number of aromatic hydroxyl groups is 1. The second-order valence-corrected chi connectivity index (χ2v) is 4.37. The van der Waals surface area contributed by atoms with E-state index in [9.17, 15) is 9.90 Å². The quantitative estimate of drug-likeness (QED) is 0.704. The molecule has 0 unspecified atom stereocenters. The van der Waals surface area contributed by atoms with E-state index in [2.05, 4.69) is 16.7 Å². The topological polar surface area (TPSA) is 61.4 Å². The smallest absolute Gasteiger partial charge is 0.251 e. The Morgan fingerprint density at radius 3 is 3.06 bits per heavy atom. The summed E-state index contributed by atoms with van der Waals surface area (Å²) in [5.41, 5.74) is 1.89. The maximum absolute atomic E-state index is 11.8. The summed E-state index contributed by atoms with van der Waals surface area (Å²) in [7, 11) is 0. The van der Waals surface area contributed by atoms with Gasteiger partial charge in [-0.1, -0.05) is 17.7 Å². The van der Waals surface area contributed by atoms with Crippen LogP contribution in [0.4, 0.5) is 0 Å². The minimum absolute atomic E-state index is 0.115. The molecular formula is C14H18N2O2. The van der Waals surface area contributed by atoms with Gasteiger partial charge in [-0.25, -0.2) is 0 Å². The number of nitrogens with one attached hydrogen (secondary N) is 2. The van der Waals surface area contributed by atoms with Gasteiger partial charge in [0.1, 0.15) is 5.75 Å². The van der Waals surface area contributed by atoms with Crippen LogP contribution in [0.1, 0.15) is 23.2 Å². The third-order valence-corrected chi connectivity index (χ3v) is 3.00. The maximum atomic E-state index is 11.8. The first kappa shape index (κ1) is 12.6. The molecule has 4 nitrogen and oxygen atoms in total. The second-order valence-electron chi connectivity index (χ2n) is 4.37. The highest BCUT2D eigenvalue weighted by atomic mass is 16.3. The predicted octanol–water partition coefficient (Wildman–Crippen LogP) is 1.43. The Morgan fingerprint density at radius 1 is 1.44 bits per heavy atom. The fourth-order valence-corrected chi connectivity index (χ4v) is 1.98. The Labute approximate surface area is 107 Å². The summed E-state index contributed by atoms with van der Waals surface area (Å²) in [6.45, 7) is 2.59. The van der Waals surface area contributed by atoms with E-state index in [0.717, 1.165) is 25.9 Å². The molecule has 4 heteroatoms. The predicted molar refractivity (Wildman–Crippen MR) is 70.6 cm³/mol. The van der Waals surface area contributed by atoms with E-state index < -0.39 is 0 Å². The van der Waals surface area contributed by atoms with Crippen LogP contribution in [0.5, 0.6) is 5.75 Å². The number of hydrogen-bond donors (Lipinski definition) is 3.